The van der Waals surface area contributed by atoms with Crippen molar-refractivity contribution in [2.24, 2.45) is 0 Å². The summed E-state index contributed by atoms with van der Waals surface area (Å²) in [6, 6.07) is 11.6. The van der Waals surface area contributed by atoms with Crippen LogP contribution >= 0.6 is 0 Å². The maximum atomic E-state index is 14.0. The van der Waals surface area contributed by atoms with Crippen LogP contribution in [0, 0.1) is 23.0 Å². The van der Waals surface area contributed by atoms with E-state index in [1.54, 1.807) is 36.4 Å². The minimum absolute atomic E-state index is 0.224. The van der Waals surface area contributed by atoms with E-state index in [1.165, 1.54) is 0 Å². The lowest BCUT2D eigenvalue weighted by molar-refractivity contribution is 0.500. The zero-order valence-corrected chi connectivity index (χ0v) is 10.6. The molecule has 0 aromatic heterocycles. The van der Waals surface area contributed by atoms with E-state index in [2.05, 4.69) is 0 Å². The summed E-state index contributed by atoms with van der Waals surface area (Å²) in [6.07, 6.45) is 1.29. The van der Waals surface area contributed by atoms with Gasteiger partial charge in [0.15, 0.2) is 11.6 Å². The fraction of sp³-hybridized carbons (Fsp3) is 0.188. The van der Waals surface area contributed by atoms with E-state index < -0.39 is 11.6 Å². The van der Waals surface area contributed by atoms with Gasteiger partial charge in [0.2, 0.25) is 0 Å². The molecule has 0 saturated heterocycles. The van der Waals surface area contributed by atoms with E-state index in [4.69, 9.17) is 5.26 Å². The Bertz CT molecular complexity index is 624. The maximum Gasteiger partial charge on any atom is 0.166 e. The van der Waals surface area contributed by atoms with E-state index in [-0.39, 0.29) is 5.56 Å². The molecule has 2 aromatic rings. The molecule has 2 rings (SSSR count). The quantitative estimate of drug-likeness (QED) is 0.796. The van der Waals surface area contributed by atoms with Crippen molar-refractivity contribution in [2.45, 2.75) is 19.8 Å². The van der Waals surface area contributed by atoms with Gasteiger partial charge in [-0.25, -0.2) is 8.78 Å². The standard InChI is InChI=1S/C16H13F2N/c1-2-3-13-8-9-14(16(18)15(13)17)12-6-4-11(10-19)5-7-12/h4-9H,2-3H2,1H3. The van der Waals surface area contributed by atoms with Gasteiger partial charge in [-0.05, 0) is 29.7 Å². The molecule has 0 atom stereocenters. The monoisotopic (exact) mass is 257 g/mol. The first-order valence-corrected chi connectivity index (χ1v) is 6.14. The number of benzene rings is 2. The molecule has 19 heavy (non-hydrogen) atoms. The summed E-state index contributed by atoms with van der Waals surface area (Å²) in [5.74, 6) is -1.60. The van der Waals surface area contributed by atoms with Crippen LogP contribution in [-0.4, -0.2) is 0 Å². The summed E-state index contributed by atoms with van der Waals surface area (Å²) in [5.41, 5.74) is 1.69. The summed E-state index contributed by atoms with van der Waals surface area (Å²) in [7, 11) is 0. The number of hydrogen-bond donors (Lipinski definition) is 0. The van der Waals surface area contributed by atoms with Crippen LogP contribution in [-0.2, 0) is 6.42 Å². The molecule has 0 heterocycles. The normalized spacial score (nSPS) is 10.2. The van der Waals surface area contributed by atoms with E-state index in [0.717, 1.165) is 6.42 Å². The Kier molecular flexibility index (Phi) is 3.91. The zero-order valence-electron chi connectivity index (χ0n) is 10.6. The third kappa shape index (κ3) is 2.63. The highest BCUT2D eigenvalue weighted by Crippen LogP contribution is 2.27. The van der Waals surface area contributed by atoms with E-state index in [1.807, 2.05) is 13.0 Å². The second kappa shape index (κ2) is 5.62. The smallest absolute Gasteiger partial charge is 0.166 e. The Morgan fingerprint density at radius 1 is 1.00 bits per heavy atom. The lowest BCUT2D eigenvalue weighted by atomic mass is 10.00. The molecule has 0 unspecified atom stereocenters. The summed E-state index contributed by atoms with van der Waals surface area (Å²) in [5, 5.41) is 8.71. The van der Waals surface area contributed by atoms with Crippen LogP contribution in [0.15, 0.2) is 36.4 Å². The van der Waals surface area contributed by atoms with Crippen molar-refractivity contribution in [3.05, 3.63) is 59.2 Å². The second-order valence-electron chi connectivity index (χ2n) is 4.34. The van der Waals surface area contributed by atoms with Gasteiger partial charge < -0.3 is 0 Å². The molecular formula is C16H13F2N. The van der Waals surface area contributed by atoms with Crippen LogP contribution in [0.25, 0.3) is 11.1 Å². The second-order valence-corrected chi connectivity index (χ2v) is 4.34. The minimum atomic E-state index is -0.823. The van der Waals surface area contributed by atoms with Gasteiger partial charge >= 0.3 is 0 Å². The molecule has 0 aliphatic carbocycles. The Morgan fingerprint density at radius 2 is 1.68 bits per heavy atom. The SMILES string of the molecule is CCCc1ccc(-c2ccc(C#N)cc2)c(F)c1F. The molecule has 0 saturated carbocycles. The van der Waals surface area contributed by atoms with Gasteiger partial charge in [-0.3, -0.25) is 0 Å². The summed E-state index contributed by atoms with van der Waals surface area (Å²) in [6.45, 7) is 1.92. The molecule has 3 heteroatoms. The van der Waals surface area contributed by atoms with Crippen molar-refractivity contribution >= 4 is 0 Å². The van der Waals surface area contributed by atoms with E-state index in [0.29, 0.717) is 23.1 Å². The van der Waals surface area contributed by atoms with Gasteiger partial charge in [-0.2, -0.15) is 5.26 Å². The third-order valence-corrected chi connectivity index (χ3v) is 3.01. The Hall–Kier alpha value is -2.21. The molecule has 0 aliphatic heterocycles. The largest absolute Gasteiger partial charge is 0.203 e. The Balaban J connectivity index is 2.45. The molecule has 0 amide bonds. The van der Waals surface area contributed by atoms with Crippen molar-refractivity contribution in [3.8, 4) is 17.2 Å². The molecule has 0 aliphatic rings. The average molecular weight is 257 g/mol. The third-order valence-electron chi connectivity index (χ3n) is 3.01. The fourth-order valence-corrected chi connectivity index (χ4v) is 2.00. The number of hydrogen-bond acceptors (Lipinski definition) is 1. The lowest BCUT2D eigenvalue weighted by Gasteiger charge is -2.08. The van der Waals surface area contributed by atoms with Crippen LogP contribution in [0.5, 0.6) is 0 Å². The fourth-order valence-electron chi connectivity index (χ4n) is 2.00. The number of halogens is 2. The molecule has 1 nitrogen and oxygen atoms in total. The molecule has 0 radical (unpaired) electrons. The van der Waals surface area contributed by atoms with Gasteiger partial charge in [0.1, 0.15) is 0 Å². The molecule has 0 bridgehead atoms. The Morgan fingerprint density at radius 3 is 2.26 bits per heavy atom. The van der Waals surface area contributed by atoms with Crippen molar-refractivity contribution in [3.63, 3.8) is 0 Å². The molecular weight excluding hydrogens is 244 g/mol. The highest BCUT2D eigenvalue weighted by Gasteiger charge is 2.14. The Labute approximate surface area is 111 Å². The lowest BCUT2D eigenvalue weighted by Crippen LogP contribution is -1.97. The van der Waals surface area contributed by atoms with Gasteiger partial charge in [0, 0.05) is 5.56 Å². The van der Waals surface area contributed by atoms with Crippen molar-refractivity contribution in [1.29, 1.82) is 5.26 Å². The van der Waals surface area contributed by atoms with Gasteiger partial charge in [-0.15, -0.1) is 0 Å². The van der Waals surface area contributed by atoms with E-state index >= 15 is 0 Å². The first kappa shape index (κ1) is 13.2. The van der Waals surface area contributed by atoms with Crippen molar-refractivity contribution in [2.75, 3.05) is 0 Å². The van der Waals surface area contributed by atoms with Crippen molar-refractivity contribution in [1.82, 2.24) is 0 Å². The zero-order chi connectivity index (χ0) is 13.8. The number of nitrogens with zero attached hydrogens (tertiary/aromatic N) is 1. The number of aryl methyl sites for hydroxylation is 1. The highest BCUT2D eigenvalue weighted by molar-refractivity contribution is 5.65. The number of nitriles is 1. The molecule has 2 aromatic carbocycles. The predicted octanol–water partition coefficient (Wildman–Crippen LogP) is 4.46. The van der Waals surface area contributed by atoms with E-state index in [9.17, 15) is 8.78 Å². The number of rotatable bonds is 3. The van der Waals surface area contributed by atoms with Crippen LogP contribution in [0.4, 0.5) is 8.78 Å². The molecule has 0 fully saturated rings. The summed E-state index contributed by atoms with van der Waals surface area (Å²) < 4.78 is 27.9. The van der Waals surface area contributed by atoms with Gasteiger partial charge in [0.05, 0.1) is 11.6 Å². The minimum Gasteiger partial charge on any atom is -0.203 e. The molecule has 96 valence electrons. The van der Waals surface area contributed by atoms with Gasteiger partial charge in [0.25, 0.3) is 0 Å². The average Bonchev–Trinajstić information content (AvgIpc) is 2.45. The summed E-state index contributed by atoms with van der Waals surface area (Å²) >= 11 is 0. The van der Waals surface area contributed by atoms with Crippen LogP contribution in [0.2, 0.25) is 0 Å². The van der Waals surface area contributed by atoms with Crippen molar-refractivity contribution < 1.29 is 8.78 Å². The van der Waals surface area contributed by atoms with Crippen LogP contribution in [0.3, 0.4) is 0 Å². The first-order valence-electron chi connectivity index (χ1n) is 6.14. The molecule has 0 spiro atoms. The first-order chi connectivity index (χ1) is 9.17. The topological polar surface area (TPSA) is 23.8 Å². The van der Waals surface area contributed by atoms with Gasteiger partial charge in [-0.1, -0.05) is 37.6 Å². The predicted molar refractivity (Wildman–Crippen MR) is 70.5 cm³/mol. The van der Waals surface area contributed by atoms with Crippen LogP contribution < -0.4 is 0 Å². The highest BCUT2D eigenvalue weighted by atomic mass is 19.2. The molecule has 0 N–H and O–H groups in total. The maximum absolute atomic E-state index is 14.0. The summed E-state index contributed by atoms with van der Waals surface area (Å²) in [4.78, 5) is 0. The van der Waals surface area contributed by atoms with Crippen LogP contribution in [0.1, 0.15) is 24.5 Å².